The molecule has 31 heavy (non-hydrogen) atoms. The number of alkyl halides is 2. The second kappa shape index (κ2) is 8.45. The van der Waals surface area contributed by atoms with Crippen LogP contribution >= 0.6 is 0 Å². The van der Waals surface area contributed by atoms with Crippen LogP contribution in [-0.2, 0) is 20.9 Å². The van der Waals surface area contributed by atoms with E-state index in [1.165, 1.54) is 6.92 Å². The summed E-state index contributed by atoms with van der Waals surface area (Å²) in [5.74, 6) is -1.37. The lowest BCUT2D eigenvalue weighted by Crippen LogP contribution is -2.27. The Morgan fingerprint density at radius 3 is 2.61 bits per heavy atom. The molecule has 1 fully saturated rings. The average Bonchev–Trinajstić information content (AvgIpc) is 3.30. The largest absolute Gasteiger partial charge is 0.454 e. The number of hydrogen-bond donors (Lipinski definition) is 0. The standard InChI is InChI=1S/C23H23F2N3O3/c1-14-7-9-16(10-8-14)12-27-13-17(11-20(27)29)22(30)31-15(2)21-26-18-5-3-4-6-19(18)28(21)23(24)25/h3-10,15,17,23H,11-13H2,1-2H3. The van der Waals surface area contributed by atoms with E-state index in [4.69, 9.17) is 4.74 Å². The molecule has 8 heteroatoms. The highest BCUT2D eigenvalue weighted by Gasteiger charge is 2.36. The number of hydrogen-bond acceptors (Lipinski definition) is 4. The Balaban J connectivity index is 1.45. The van der Waals surface area contributed by atoms with Crippen molar-refractivity contribution in [2.45, 2.75) is 39.5 Å². The van der Waals surface area contributed by atoms with Crippen LogP contribution in [-0.4, -0.2) is 32.9 Å². The van der Waals surface area contributed by atoms with Gasteiger partial charge in [0.2, 0.25) is 5.91 Å². The van der Waals surface area contributed by atoms with Gasteiger partial charge in [0.1, 0.15) is 0 Å². The van der Waals surface area contributed by atoms with Crippen molar-refractivity contribution in [3.05, 3.63) is 65.5 Å². The lowest BCUT2D eigenvalue weighted by molar-refractivity contribution is -0.154. The zero-order chi connectivity index (χ0) is 22.1. The minimum absolute atomic E-state index is 0.0228. The van der Waals surface area contributed by atoms with Gasteiger partial charge in [0.05, 0.1) is 17.0 Å². The lowest BCUT2D eigenvalue weighted by Gasteiger charge is -2.18. The molecule has 1 aliphatic heterocycles. The Labute approximate surface area is 178 Å². The number of aromatic nitrogens is 2. The molecule has 0 aliphatic carbocycles. The summed E-state index contributed by atoms with van der Waals surface area (Å²) in [6.07, 6.45) is -0.932. The van der Waals surface area contributed by atoms with Gasteiger partial charge < -0.3 is 9.64 Å². The monoisotopic (exact) mass is 427 g/mol. The summed E-state index contributed by atoms with van der Waals surface area (Å²) < 4.78 is 33.6. The van der Waals surface area contributed by atoms with E-state index in [1.807, 2.05) is 31.2 Å². The second-order valence-electron chi connectivity index (χ2n) is 7.85. The van der Waals surface area contributed by atoms with Crippen LogP contribution in [0, 0.1) is 12.8 Å². The molecule has 0 saturated carbocycles. The molecule has 2 atom stereocenters. The molecule has 2 aromatic carbocycles. The van der Waals surface area contributed by atoms with E-state index >= 15 is 0 Å². The Kier molecular flexibility index (Phi) is 5.71. The summed E-state index contributed by atoms with van der Waals surface area (Å²) in [7, 11) is 0. The van der Waals surface area contributed by atoms with Gasteiger partial charge in [-0.25, -0.2) is 4.98 Å². The maximum absolute atomic E-state index is 13.7. The maximum atomic E-state index is 13.7. The quantitative estimate of drug-likeness (QED) is 0.547. The molecule has 4 rings (SSSR count). The number of nitrogens with zero attached hydrogens (tertiary/aromatic N) is 3. The predicted octanol–water partition coefficient (Wildman–Crippen LogP) is 4.39. The van der Waals surface area contributed by atoms with Gasteiger partial charge in [-0.3, -0.25) is 14.2 Å². The molecule has 0 N–H and O–H groups in total. The highest BCUT2D eigenvalue weighted by atomic mass is 19.3. The predicted molar refractivity (Wildman–Crippen MR) is 110 cm³/mol. The molecular weight excluding hydrogens is 404 g/mol. The number of likely N-dealkylation sites (tertiary alicyclic amines) is 1. The molecule has 0 spiro atoms. The van der Waals surface area contributed by atoms with Crippen LogP contribution in [0.25, 0.3) is 11.0 Å². The average molecular weight is 427 g/mol. The van der Waals surface area contributed by atoms with Gasteiger partial charge in [0, 0.05) is 19.5 Å². The fraction of sp³-hybridized carbons (Fsp3) is 0.348. The molecule has 0 radical (unpaired) electrons. The molecule has 1 saturated heterocycles. The number of imidazole rings is 1. The number of halogens is 2. The maximum Gasteiger partial charge on any atom is 0.320 e. The van der Waals surface area contributed by atoms with Gasteiger partial charge in [0.15, 0.2) is 11.9 Å². The van der Waals surface area contributed by atoms with E-state index in [2.05, 4.69) is 4.98 Å². The van der Waals surface area contributed by atoms with E-state index in [1.54, 1.807) is 29.2 Å². The molecule has 3 aromatic rings. The Morgan fingerprint density at radius 2 is 1.90 bits per heavy atom. The molecule has 0 bridgehead atoms. The first-order chi connectivity index (χ1) is 14.8. The SMILES string of the molecule is Cc1ccc(CN2CC(C(=O)OC(C)c3nc4ccccc4n3C(F)F)CC2=O)cc1. The molecular formula is C23H23F2N3O3. The fourth-order valence-electron chi connectivity index (χ4n) is 3.87. The van der Waals surface area contributed by atoms with Crippen molar-refractivity contribution in [2.24, 2.45) is 5.92 Å². The zero-order valence-electron chi connectivity index (χ0n) is 17.3. The van der Waals surface area contributed by atoms with E-state index in [9.17, 15) is 18.4 Å². The Bertz CT molecular complexity index is 1110. The highest BCUT2D eigenvalue weighted by molar-refractivity contribution is 5.87. The third-order valence-electron chi connectivity index (χ3n) is 5.52. The first-order valence-electron chi connectivity index (χ1n) is 10.1. The number of esters is 1. The minimum atomic E-state index is -2.82. The minimum Gasteiger partial charge on any atom is -0.454 e. The normalized spacial score (nSPS) is 17.5. The van der Waals surface area contributed by atoms with E-state index in [-0.39, 0.29) is 30.2 Å². The van der Waals surface area contributed by atoms with Gasteiger partial charge in [-0.1, -0.05) is 42.0 Å². The van der Waals surface area contributed by atoms with Gasteiger partial charge in [-0.2, -0.15) is 8.78 Å². The lowest BCUT2D eigenvalue weighted by atomic mass is 10.1. The molecule has 1 aromatic heterocycles. The zero-order valence-corrected chi connectivity index (χ0v) is 17.3. The molecule has 1 aliphatic rings. The molecule has 1 amide bonds. The van der Waals surface area contributed by atoms with Crippen LogP contribution in [0.5, 0.6) is 0 Å². The first-order valence-corrected chi connectivity index (χ1v) is 10.1. The number of fused-ring (bicyclic) bond motifs is 1. The van der Waals surface area contributed by atoms with E-state index < -0.39 is 24.5 Å². The van der Waals surface area contributed by atoms with Crippen LogP contribution < -0.4 is 0 Å². The molecule has 2 heterocycles. The van der Waals surface area contributed by atoms with Gasteiger partial charge in [-0.15, -0.1) is 0 Å². The van der Waals surface area contributed by atoms with Gasteiger partial charge in [-0.05, 0) is 31.5 Å². The van der Waals surface area contributed by atoms with Crippen LogP contribution in [0.2, 0.25) is 0 Å². The number of ether oxygens (including phenoxy) is 1. The number of rotatable bonds is 6. The van der Waals surface area contributed by atoms with E-state index in [0.717, 1.165) is 15.7 Å². The number of amides is 1. The second-order valence-corrected chi connectivity index (χ2v) is 7.85. The van der Waals surface area contributed by atoms with Gasteiger partial charge >= 0.3 is 12.5 Å². The van der Waals surface area contributed by atoms with Crippen molar-refractivity contribution in [1.29, 1.82) is 0 Å². The summed E-state index contributed by atoms with van der Waals surface area (Å²) in [5.41, 5.74) is 2.78. The third-order valence-corrected chi connectivity index (χ3v) is 5.52. The Hall–Kier alpha value is -3.29. The topological polar surface area (TPSA) is 64.4 Å². The summed E-state index contributed by atoms with van der Waals surface area (Å²) in [6, 6.07) is 14.4. The van der Waals surface area contributed by atoms with Crippen molar-refractivity contribution in [3.8, 4) is 0 Å². The number of benzene rings is 2. The number of carbonyl (C=O) groups excluding carboxylic acids is 2. The van der Waals surface area contributed by atoms with Crippen LogP contribution in [0.1, 0.15) is 42.9 Å². The van der Waals surface area contributed by atoms with Crippen molar-refractivity contribution in [3.63, 3.8) is 0 Å². The number of carbonyl (C=O) groups is 2. The van der Waals surface area contributed by atoms with Crippen LogP contribution in [0.4, 0.5) is 8.78 Å². The smallest absolute Gasteiger partial charge is 0.320 e. The van der Waals surface area contributed by atoms with Crippen molar-refractivity contribution >= 4 is 22.9 Å². The summed E-state index contributed by atoms with van der Waals surface area (Å²) in [5, 5.41) is 0. The van der Waals surface area contributed by atoms with Gasteiger partial charge in [0.25, 0.3) is 0 Å². The van der Waals surface area contributed by atoms with Crippen LogP contribution in [0.3, 0.4) is 0 Å². The molecule has 162 valence electrons. The third kappa shape index (κ3) is 4.28. The fourth-order valence-corrected chi connectivity index (χ4v) is 3.87. The first kappa shape index (κ1) is 21.0. The van der Waals surface area contributed by atoms with E-state index in [0.29, 0.717) is 12.1 Å². The number of aryl methyl sites for hydroxylation is 1. The highest BCUT2D eigenvalue weighted by Crippen LogP contribution is 2.30. The Morgan fingerprint density at radius 1 is 1.19 bits per heavy atom. The van der Waals surface area contributed by atoms with Crippen LogP contribution in [0.15, 0.2) is 48.5 Å². The molecule has 2 unspecified atom stereocenters. The van der Waals surface area contributed by atoms with Crippen molar-refractivity contribution < 1.29 is 23.1 Å². The van der Waals surface area contributed by atoms with Crippen molar-refractivity contribution in [1.82, 2.24) is 14.5 Å². The summed E-state index contributed by atoms with van der Waals surface area (Å²) in [6.45, 7) is 1.34. The number of para-hydroxylation sites is 2. The summed E-state index contributed by atoms with van der Waals surface area (Å²) >= 11 is 0. The molecule has 6 nitrogen and oxygen atoms in total. The summed E-state index contributed by atoms with van der Waals surface area (Å²) in [4.78, 5) is 30.9. The van der Waals surface area contributed by atoms with Crippen molar-refractivity contribution in [2.75, 3.05) is 6.54 Å².